The molecule has 0 bridgehead atoms. The normalized spacial score (nSPS) is 13.7. The molecule has 1 aliphatic rings. The fourth-order valence-corrected chi connectivity index (χ4v) is 2.17. The molecule has 20 heavy (non-hydrogen) atoms. The van der Waals surface area contributed by atoms with E-state index < -0.39 is 5.97 Å². The summed E-state index contributed by atoms with van der Waals surface area (Å²) in [6.07, 6.45) is 0. The Morgan fingerprint density at radius 2 is 1.80 bits per heavy atom. The van der Waals surface area contributed by atoms with Crippen LogP contribution in [0.4, 0.5) is 0 Å². The molecule has 0 saturated carbocycles. The third-order valence-corrected chi connectivity index (χ3v) is 3.31. The molecule has 5 heteroatoms. The van der Waals surface area contributed by atoms with Gasteiger partial charge in [-0.1, -0.05) is 29.8 Å². The summed E-state index contributed by atoms with van der Waals surface area (Å²) >= 11 is 5.78. The molecule has 2 aromatic rings. The Hall–Kier alpha value is -2.33. The third-order valence-electron chi connectivity index (χ3n) is 3.06. The lowest BCUT2D eigenvalue weighted by Crippen LogP contribution is -2.37. The zero-order valence-electron chi connectivity index (χ0n) is 10.4. The van der Waals surface area contributed by atoms with Crippen LogP contribution in [0.5, 0.6) is 0 Å². The molecule has 0 atom stereocenters. The molecule has 1 aliphatic heterocycles. The van der Waals surface area contributed by atoms with E-state index in [1.165, 1.54) is 0 Å². The topological polar surface area (TPSA) is 46.6 Å². The van der Waals surface area contributed by atoms with E-state index in [-0.39, 0.29) is 12.5 Å². The van der Waals surface area contributed by atoms with Gasteiger partial charge in [-0.05, 0) is 35.9 Å². The minimum Gasteiger partial charge on any atom is -0.332 e. The van der Waals surface area contributed by atoms with E-state index in [4.69, 9.17) is 16.4 Å². The first kappa shape index (κ1) is 12.7. The molecule has 100 valence electrons. The minimum atomic E-state index is -0.519. The van der Waals surface area contributed by atoms with Crippen molar-refractivity contribution in [1.29, 1.82) is 0 Å². The van der Waals surface area contributed by atoms with Gasteiger partial charge in [0.1, 0.15) is 0 Å². The number of hydroxylamine groups is 2. The van der Waals surface area contributed by atoms with Gasteiger partial charge in [-0.25, -0.2) is 4.79 Å². The maximum atomic E-state index is 12.3. The maximum Gasteiger partial charge on any atom is 0.363 e. The van der Waals surface area contributed by atoms with Gasteiger partial charge in [0.05, 0.1) is 12.1 Å². The standard InChI is InChI=1S/C15H10ClNO3/c16-12-7-5-10(6-8-12)14(18)17-9-11-3-1-2-4-13(11)15(19)20-17/h1-8H,9H2. The lowest BCUT2D eigenvalue weighted by atomic mass is 10.1. The third kappa shape index (κ3) is 2.26. The molecule has 4 nitrogen and oxygen atoms in total. The predicted octanol–water partition coefficient (Wildman–Crippen LogP) is 3.07. The highest BCUT2D eigenvalue weighted by Crippen LogP contribution is 2.21. The van der Waals surface area contributed by atoms with Gasteiger partial charge in [-0.2, -0.15) is 5.06 Å². The number of hydrogen-bond acceptors (Lipinski definition) is 3. The van der Waals surface area contributed by atoms with Crippen molar-refractivity contribution in [1.82, 2.24) is 5.06 Å². The van der Waals surface area contributed by atoms with Gasteiger partial charge in [-0.15, -0.1) is 0 Å². The number of amides is 1. The zero-order valence-corrected chi connectivity index (χ0v) is 11.1. The van der Waals surface area contributed by atoms with Crippen LogP contribution in [-0.2, 0) is 11.4 Å². The van der Waals surface area contributed by atoms with Crippen LogP contribution >= 0.6 is 11.6 Å². The molecule has 0 aromatic heterocycles. The number of nitrogens with zero attached hydrogens (tertiary/aromatic N) is 1. The summed E-state index contributed by atoms with van der Waals surface area (Å²) in [5.41, 5.74) is 1.68. The van der Waals surface area contributed by atoms with Crippen LogP contribution in [-0.4, -0.2) is 16.9 Å². The Kier molecular flexibility index (Phi) is 3.16. The number of benzene rings is 2. The smallest absolute Gasteiger partial charge is 0.332 e. The molecular formula is C15H10ClNO3. The summed E-state index contributed by atoms with van der Waals surface area (Å²) in [4.78, 5) is 29.2. The number of carbonyl (C=O) groups is 2. The highest BCUT2D eigenvalue weighted by molar-refractivity contribution is 6.30. The second-order valence-corrected chi connectivity index (χ2v) is 4.82. The Bertz CT molecular complexity index is 682. The average molecular weight is 288 g/mol. The first-order chi connectivity index (χ1) is 9.65. The van der Waals surface area contributed by atoms with Gasteiger partial charge >= 0.3 is 5.97 Å². The van der Waals surface area contributed by atoms with E-state index in [0.29, 0.717) is 16.1 Å². The Morgan fingerprint density at radius 1 is 1.10 bits per heavy atom. The molecule has 3 rings (SSSR count). The largest absolute Gasteiger partial charge is 0.363 e. The molecule has 0 saturated heterocycles. The number of halogens is 1. The number of fused-ring (bicyclic) bond motifs is 1. The molecule has 0 spiro atoms. The van der Waals surface area contributed by atoms with Gasteiger partial charge in [0.25, 0.3) is 5.91 Å². The van der Waals surface area contributed by atoms with Crippen molar-refractivity contribution < 1.29 is 14.4 Å². The SMILES string of the molecule is O=C1ON(C(=O)c2ccc(Cl)cc2)Cc2ccccc21. The van der Waals surface area contributed by atoms with Crippen molar-refractivity contribution >= 4 is 23.5 Å². The summed E-state index contributed by atoms with van der Waals surface area (Å²) in [6.45, 7) is 0.239. The number of carbonyl (C=O) groups excluding carboxylic acids is 2. The molecule has 0 fully saturated rings. The first-order valence-corrected chi connectivity index (χ1v) is 6.40. The van der Waals surface area contributed by atoms with Gasteiger partial charge in [0.15, 0.2) is 0 Å². The first-order valence-electron chi connectivity index (χ1n) is 6.03. The van der Waals surface area contributed by atoms with Crippen LogP contribution in [0.15, 0.2) is 48.5 Å². The lowest BCUT2D eigenvalue weighted by Gasteiger charge is -2.26. The van der Waals surface area contributed by atoms with E-state index in [2.05, 4.69) is 0 Å². The molecule has 0 unspecified atom stereocenters. The summed E-state index contributed by atoms with van der Waals surface area (Å²) in [7, 11) is 0. The van der Waals surface area contributed by atoms with E-state index >= 15 is 0 Å². The molecule has 1 heterocycles. The quantitative estimate of drug-likeness (QED) is 0.810. The second-order valence-electron chi connectivity index (χ2n) is 4.38. The molecule has 0 N–H and O–H groups in total. The fraction of sp³-hybridized carbons (Fsp3) is 0.0667. The Labute approximate surface area is 120 Å². The van der Waals surface area contributed by atoms with E-state index in [0.717, 1.165) is 10.6 Å². The Morgan fingerprint density at radius 3 is 2.55 bits per heavy atom. The minimum absolute atomic E-state index is 0.239. The molecule has 0 radical (unpaired) electrons. The summed E-state index contributed by atoms with van der Waals surface area (Å²) in [5.74, 6) is -0.890. The van der Waals surface area contributed by atoms with Gasteiger partial charge < -0.3 is 4.84 Å². The van der Waals surface area contributed by atoms with Crippen molar-refractivity contribution in [3.8, 4) is 0 Å². The second kappa shape index (κ2) is 4.98. The van der Waals surface area contributed by atoms with Crippen molar-refractivity contribution in [2.75, 3.05) is 0 Å². The van der Waals surface area contributed by atoms with Gasteiger partial charge in [-0.3, -0.25) is 4.79 Å². The highest BCUT2D eigenvalue weighted by Gasteiger charge is 2.28. The fourth-order valence-electron chi connectivity index (χ4n) is 2.04. The van der Waals surface area contributed by atoms with Crippen LogP contribution < -0.4 is 0 Å². The monoisotopic (exact) mass is 287 g/mol. The van der Waals surface area contributed by atoms with Crippen LogP contribution in [0.3, 0.4) is 0 Å². The molecule has 1 amide bonds. The van der Waals surface area contributed by atoms with E-state index in [9.17, 15) is 9.59 Å². The maximum absolute atomic E-state index is 12.3. The van der Waals surface area contributed by atoms with Crippen molar-refractivity contribution in [3.63, 3.8) is 0 Å². The van der Waals surface area contributed by atoms with E-state index in [1.54, 1.807) is 42.5 Å². The summed E-state index contributed by atoms with van der Waals surface area (Å²) in [6, 6.07) is 13.5. The van der Waals surface area contributed by atoms with E-state index in [1.807, 2.05) is 6.07 Å². The number of rotatable bonds is 1. The summed E-state index contributed by atoms with van der Waals surface area (Å²) in [5, 5.41) is 1.61. The van der Waals surface area contributed by atoms with Gasteiger partial charge in [0.2, 0.25) is 0 Å². The highest BCUT2D eigenvalue weighted by atomic mass is 35.5. The van der Waals surface area contributed by atoms with Crippen LogP contribution in [0, 0.1) is 0 Å². The van der Waals surface area contributed by atoms with Crippen LogP contribution in [0.1, 0.15) is 26.3 Å². The number of hydrogen-bond donors (Lipinski definition) is 0. The molecule has 0 aliphatic carbocycles. The van der Waals surface area contributed by atoms with Crippen LogP contribution in [0.25, 0.3) is 0 Å². The lowest BCUT2D eigenvalue weighted by molar-refractivity contribution is -0.0929. The predicted molar refractivity (Wildman–Crippen MR) is 73.2 cm³/mol. The van der Waals surface area contributed by atoms with Gasteiger partial charge in [0, 0.05) is 10.6 Å². The molecule has 2 aromatic carbocycles. The zero-order chi connectivity index (χ0) is 14.1. The van der Waals surface area contributed by atoms with Crippen molar-refractivity contribution in [2.24, 2.45) is 0 Å². The van der Waals surface area contributed by atoms with Crippen LogP contribution in [0.2, 0.25) is 5.02 Å². The molecular weight excluding hydrogens is 278 g/mol. The average Bonchev–Trinajstić information content (AvgIpc) is 2.47. The van der Waals surface area contributed by atoms with Crippen molar-refractivity contribution in [2.45, 2.75) is 6.54 Å². The summed E-state index contributed by atoms with van der Waals surface area (Å²) < 4.78 is 0. The van der Waals surface area contributed by atoms with Crippen molar-refractivity contribution in [3.05, 3.63) is 70.2 Å². The Balaban J connectivity index is 1.88.